The van der Waals surface area contributed by atoms with E-state index in [1.807, 2.05) is 24.3 Å². The van der Waals surface area contributed by atoms with Gasteiger partial charge in [-0.25, -0.2) is 0 Å². The molecule has 0 saturated heterocycles. The van der Waals surface area contributed by atoms with Crippen LogP contribution in [0.4, 0.5) is 0 Å². The average molecular weight is 237 g/mol. The molecule has 94 valence electrons. The lowest BCUT2D eigenvalue weighted by Gasteiger charge is -2.41. The molecule has 1 aromatic rings. The van der Waals surface area contributed by atoms with Crippen LogP contribution in [0.3, 0.4) is 0 Å². The summed E-state index contributed by atoms with van der Waals surface area (Å²) in [5, 5.41) is 0. The van der Waals surface area contributed by atoms with E-state index < -0.39 is 0 Å². The van der Waals surface area contributed by atoms with Crippen molar-refractivity contribution in [3.8, 4) is 5.75 Å². The number of hydrogen-bond donors (Lipinski definition) is 1. The molecule has 3 unspecified atom stereocenters. The van der Waals surface area contributed by atoms with E-state index in [0.717, 1.165) is 17.7 Å². The van der Waals surface area contributed by atoms with Crippen LogP contribution in [0.5, 0.6) is 5.75 Å². The monoisotopic (exact) mass is 237 g/mol. The van der Waals surface area contributed by atoms with Crippen molar-refractivity contribution < 1.29 is 14.2 Å². The lowest BCUT2D eigenvalue weighted by atomic mass is 9.86. The second-order valence-electron chi connectivity index (χ2n) is 4.34. The number of rotatable bonds is 5. The summed E-state index contributed by atoms with van der Waals surface area (Å²) in [7, 11) is 3.35. The molecule has 1 aliphatic rings. The van der Waals surface area contributed by atoms with Gasteiger partial charge in [-0.05, 0) is 17.7 Å². The van der Waals surface area contributed by atoms with Crippen LogP contribution >= 0.6 is 0 Å². The first kappa shape index (κ1) is 12.4. The van der Waals surface area contributed by atoms with Gasteiger partial charge in [0.05, 0.1) is 6.61 Å². The predicted octanol–water partition coefficient (Wildman–Crippen LogP) is 1.33. The van der Waals surface area contributed by atoms with Gasteiger partial charge in [0.2, 0.25) is 0 Å². The lowest BCUT2D eigenvalue weighted by Crippen LogP contribution is -2.59. The summed E-state index contributed by atoms with van der Waals surface area (Å²) < 4.78 is 16.2. The number of ether oxygens (including phenoxy) is 3. The molecule has 2 N–H and O–H groups in total. The molecule has 1 aromatic carbocycles. The minimum atomic E-state index is 0.00100. The van der Waals surface area contributed by atoms with Gasteiger partial charge in [0, 0.05) is 26.7 Å². The van der Waals surface area contributed by atoms with Gasteiger partial charge < -0.3 is 19.9 Å². The zero-order valence-corrected chi connectivity index (χ0v) is 10.3. The maximum Gasteiger partial charge on any atom is 0.128 e. The number of methoxy groups -OCH3 is 2. The van der Waals surface area contributed by atoms with E-state index in [2.05, 4.69) is 0 Å². The van der Waals surface area contributed by atoms with Gasteiger partial charge in [-0.15, -0.1) is 0 Å². The molecule has 0 heterocycles. The average Bonchev–Trinajstić information content (AvgIpc) is 2.30. The number of hydrogen-bond acceptors (Lipinski definition) is 4. The van der Waals surface area contributed by atoms with Gasteiger partial charge in [-0.1, -0.05) is 12.1 Å². The fourth-order valence-corrected chi connectivity index (χ4v) is 2.11. The van der Waals surface area contributed by atoms with Gasteiger partial charge in [0.25, 0.3) is 0 Å². The Hall–Kier alpha value is -1.10. The SMILES string of the molecule is COCc1cccc(OC2CC(N)C2OC)c1. The molecule has 4 nitrogen and oxygen atoms in total. The molecule has 1 aliphatic carbocycles. The van der Waals surface area contributed by atoms with E-state index >= 15 is 0 Å². The molecule has 4 heteroatoms. The lowest BCUT2D eigenvalue weighted by molar-refractivity contribution is -0.0782. The van der Waals surface area contributed by atoms with E-state index in [1.165, 1.54) is 0 Å². The molecule has 17 heavy (non-hydrogen) atoms. The number of benzene rings is 1. The summed E-state index contributed by atoms with van der Waals surface area (Å²) in [6.07, 6.45) is 0.904. The standard InChI is InChI=1S/C13H19NO3/c1-15-8-9-4-3-5-10(6-9)17-12-7-11(14)13(12)16-2/h3-6,11-13H,7-8,14H2,1-2H3. The topological polar surface area (TPSA) is 53.7 Å². The molecule has 0 radical (unpaired) electrons. The summed E-state index contributed by atoms with van der Waals surface area (Å²) >= 11 is 0. The van der Waals surface area contributed by atoms with Crippen molar-refractivity contribution in [3.63, 3.8) is 0 Å². The van der Waals surface area contributed by atoms with Crippen molar-refractivity contribution in [3.05, 3.63) is 29.8 Å². The highest BCUT2D eigenvalue weighted by atomic mass is 16.5. The van der Waals surface area contributed by atoms with E-state index in [0.29, 0.717) is 6.61 Å². The van der Waals surface area contributed by atoms with Crippen molar-refractivity contribution in [1.82, 2.24) is 0 Å². The maximum absolute atomic E-state index is 5.85. The summed E-state index contributed by atoms with van der Waals surface area (Å²) in [5.41, 5.74) is 6.93. The first-order valence-corrected chi connectivity index (χ1v) is 5.77. The Labute approximate surface area is 102 Å². The molecule has 0 aliphatic heterocycles. The highest BCUT2D eigenvalue weighted by molar-refractivity contribution is 5.28. The molecule has 0 aromatic heterocycles. The first-order chi connectivity index (χ1) is 8.24. The molecule has 0 amide bonds. The van der Waals surface area contributed by atoms with Crippen molar-refractivity contribution in [2.24, 2.45) is 5.73 Å². The van der Waals surface area contributed by atoms with Crippen LogP contribution in [-0.4, -0.2) is 32.5 Å². The second-order valence-corrected chi connectivity index (χ2v) is 4.34. The third kappa shape index (κ3) is 2.77. The highest BCUT2D eigenvalue weighted by Gasteiger charge is 2.40. The third-order valence-electron chi connectivity index (χ3n) is 3.06. The van der Waals surface area contributed by atoms with Gasteiger partial charge in [-0.2, -0.15) is 0 Å². The second kappa shape index (κ2) is 5.49. The van der Waals surface area contributed by atoms with Crippen LogP contribution < -0.4 is 10.5 Å². The largest absolute Gasteiger partial charge is 0.488 e. The Morgan fingerprint density at radius 2 is 2.18 bits per heavy atom. The van der Waals surface area contributed by atoms with Crippen molar-refractivity contribution in [2.45, 2.75) is 31.3 Å². The van der Waals surface area contributed by atoms with Gasteiger partial charge >= 0.3 is 0 Å². The Kier molecular flexibility index (Phi) is 3.99. The minimum absolute atomic E-state index is 0.00100. The van der Waals surface area contributed by atoms with Crippen molar-refractivity contribution >= 4 is 0 Å². The van der Waals surface area contributed by atoms with Crippen molar-refractivity contribution in [1.29, 1.82) is 0 Å². The predicted molar refractivity (Wildman–Crippen MR) is 65.0 cm³/mol. The van der Waals surface area contributed by atoms with Crippen LogP contribution in [0.2, 0.25) is 0 Å². The Bertz CT molecular complexity index is 369. The Balaban J connectivity index is 1.97. The smallest absolute Gasteiger partial charge is 0.128 e. The normalized spacial score (nSPS) is 27.6. The molecule has 1 fully saturated rings. The van der Waals surface area contributed by atoms with E-state index in [4.69, 9.17) is 19.9 Å². The first-order valence-electron chi connectivity index (χ1n) is 5.77. The molecule has 3 atom stereocenters. The van der Waals surface area contributed by atoms with E-state index in [-0.39, 0.29) is 18.2 Å². The fraction of sp³-hybridized carbons (Fsp3) is 0.538. The minimum Gasteiger partial charge on any atom is -0.488 e. The molecular weight excluding hydrogens is 218 g/mol. The molecule has 2 rings (SSSR count). The highest BCUT2D eigenvalue weighted by Crippen LogP contribution is 2.27. The zero-order valence-electron chi connectivity index (χ0n) is 10.3. The molecular formula is C13H19NO3. The number of nitrogens with two attached hydrogens (primary N) is 1. The van der Waals surface area contributed by atoms with Crippen LogP contribution in [0.1, 0.15) is 12.0 Å². The summed E-state index contributed by atoms with van der Waals surface area (Å²) in [5.74, 6) is 0.846. The fourth-order valence-electron chi connectivity index (χ4n) is 2.11. The van der Waals surface area contributed by atoms with E-state index in [9.17, 15) is 0 Å². The molecule has 0 spiro atoms. The van der Waals surface area contributed by atoms with Crippen LogP contribution in [0.15, 0.2) is 24.3 Å². The Morgan fingerprint density at radius 3 is 2.82 bits per heavy atom. The third-order valence-corrected chi connectivity index (χ3v) is 3.06. The summed E-state index contributed by atoms with van der Waals surface area (Å²) in [6, 6.07) is 7.99. The molecule has 0 bridgehead atoms. The van der Waals surface area contributed by atoms with Crippen LogP contribution in [0, 0.1) is 0 Å². The maximum atomic E-state index is 5.85. The van der Waals surface area contributed by atoms with Gasteiger partial charge in [-0.3, -0.25) is 0 Å². The zero-order chi connectivity index (χ0) is 12.3. The Morgan fingerprint density at radius 1 is 1.35 bits per heavy atom. The van der Waals surface area contributed by atoms with Gasteiger partial charge in [0.15, 0.2) is 0 Å². The van der Waals surface area contributed by atoms with Crippen molar-refractivity contribution in [2.75, 3.05) is 14.2 Å². The molecule has 1 saturated carbocycles. The van der Waals surface area contributed by atoms with Crippen LogP contribution in [0.25, 0.3) is 0 Å². The van der Waals surface area contributed by atoms with Crippen LogP contribution in [-0.2, 0) is 16.1 Å². The quantitative estimate of drug-likeness (QED) is 0.839. The summed E-state index contributed by atoms with van der Waals surface area (Å²) in [4.78, 5) is 0. The van der Waals surface area contributed by atoms with Gasteiger partial charge in [0.1, 0.15) is 18.0 Å². The summed E-state index contributed by atoms with van der Waals surface area (Å²) in [6.45, 7) is 0.592. The van der Waals surface area contributed by atoms with E-state index in [1.54, 1.807) is 14.2 Å².